The van der Waals surface area contributed by atoms with Crippen molar-refractivity contribution < 1.29 is 33.8 Å². The number of Topliss-reactive ketones (excluding diaryl/α,β-unsaturated/α-hetero) is 1. The number of esters is 2. The summed E-state index contributed by atoms with van der Waals surface area (Å²) in [6, 6.07) is 5.95. The summed E-state index contributed by atoms with van der Waals surface area (Å²) in [6.45, 7) is 2.78. The summed E-state index contributed by atoms with van der Waals surface area (Å²) in [5.41, 5.74) is -2.77. The molecule has 1 atom stereocenters. The number of anilines is 1. The van der Waals surface area contributed by atoms with Crippen LogP contribution in [0.15, 0.2) is 24.3 Å². The van der Waals surface area contributed by atoms with Crippen molar-refractivity contribution in [2.24, 2.45) is 5.92 Å². The van der Waals surface area contributed by atoms with Gasteiger partial charge < -0.3 is 19.9 Å². The van der Waals surface area contributed by atoms with E-state index in [1.165, 1.54) is 32.0 Å². The summed E-state index contributed by atoms with van der Waals surface area (Å²) in [4.78, 5) is 49.3. The van der Waals surface area contributed by atoms with E-state index in [4.69, 9.17) is 9.47 Å². The molecule has 0 fully saturated rings. The number of nitrogens with one attached hydrogen (secondary N) is 1. The number of hydrogen-bond donors (Lipinski definition) is 2. The van der Waals surface area contributed by atoms with Crippen LogP contribution >= 0.6 is 0 Å². The summed E-state index contributed by atoms with van der Waals surface area (Å²) >= 11 is 0. The van der Waals surface area contributed by atoms with E-state index in [-0.39, 0.29) is 24.5 Å². The van der Waals surface area contributed by atoms with E-state index in [0.717, 1.165) is 0 Å². The number of rotatable bonds is 5. The van der Waals surface area contributed by atoms with Crippen molar-refractivity contribution in [3.8, 4) is 0 Å². The Kier molecular flexibility index (Phi) is 4.99. The molecule has 128 valence electrons. The lowest BCUT2D eigenvalue weighted by Gasteiger charge is -2.34. The number of aliphatic hydroxyl groups is 1. The monoisotopic (exact) mass is 335 g/mol. The molecule has 1 aromatic rings. The molecule has 1 amide bonds. The number of ketones is 1. The van der Waals surface area contributed by atoms with Gasteiger partial charge in [0.15, 0.2) is 5.92 Å². The summed E-state index contributed by atoms with van der Waals surface area (Å²) in [6.07, 6.45) is 0. The zero-order valence-electron chi connectivity index (χ0n) is 13.2. The van der Waals surface area contributed by atoms with Gasteiger partial charge in [0.2, 0.25) is 11.4 Å². The van der Waals surface area contributed by atoms with Crippen molar-refractivity contribution in [1.82, 2.24) is 0 Å². The molecule has 1 aliphatic rings. The van der Waals surface area contributed by atoms with Crippen molar-refractivity contribution in [2.75, 3.05) is 18.5 Å². The van der Waals surface area contributed by atoms with Crippen LogP contribution in [0, 0.1) is 5.92 Å². The van der Waals surface area contributed by atoms with Crippen LogP contribution in [0.3, 0.4) is 0 Å². The lowest BCUT2D eigenvalue weighted by atomic mass is 9.77. The molecule has 0 aromatic heterocycles. The molecule has 0 aliphatic carbocycles. The Morgan fingerprint density at radius 2 is 1.67 bits per heavy atom. The molecule has 0 saturated carbocycles. The Morgan fingerprint density at radius 3 is 2.21 bits per heavy atom. The number of ether oxygens (including phenoxy) is 2. The molecular formula is C16H17NO7. The Balaban J connectivity index is 2.54. The molecule has 1 heterocycles. The van der Waals surface area contributed by atoms with Crippen molar-refractivity contribution >= 4 is 29.3 Å². The topological polar surface area (TPSA) is 119 Å². The number of para-hydroxylation sites is 1. The van der Waals surface area contributed by atoms with Crippen molar-refractivity contribution in [2.45, 2.75) is 19.4 Å². The number of fused-ring (bicyclic) bond motifs is 1. The van der Waals surface area contributed by atoms with Crippen LogP contribution in [-0.2, 0) is 23.9 Å². The lowest BCUT2D eigenvalue weighted by molar-refractivity contribution is -0.174. The molecule has 1 unspecified atom stereocenters. The van der Waals surface area contributed by atoms with Crippen LogP contribution in [0.1, 0.15) is 24.2 Å². The van der Waals surface area contributed by atoms with Gasteiger partial charge in [-0.3, -0.25) is 19.2 Å². The second kappa shape index (κ2) is 6.79. The molecule has 1 aromatic carbocycles. The van der Waals surface area contributed by atoms with Gasteiger partial charge in [0, 0.05) is 5.56 Å². The largest absolute Gasteiger partial charge is 0.465 e. The predicted octanol–water partition coefficient (Wildman–Crippen LogP) is 0.295. The second-order valence-corrected chi connectivity index (χ2v) is 5.03. The molecule has 2 rings (SSSR count). The van der Waals surface area contributed by atoms with Crippen LogP contribution in [-0.4, -0.2) is 47.6 Å². The molecule has 0 spiro atoms. The highest BCUT2D eigenvalue weighted by Crippen LogP contribution is 2.34. The number of carbonyl (C=O) groups is 4. The van der Waals surface area contributed by atoms with Gasteiger partial charge in [-0.1, -0.05) is 12.1 Å². The Bertz CT molecular complexity index is 681. The molecular weight excluding hydrogens is 318 g/mol. The Labute approximate surface area is 137 Å². The fourth-order valence-electron chi connectivity index (χ4n) is 2.47. The first kappa shape index (κ1) is 17.6. The third kappa shape index (κ3) is 2.76. The fraction of sp³-hybridized carbons (Fsp3) is 0.375. The zero-order chi connectivity index (χ0) is 17.9. The second-order valence-electron chi connectivity index (χ2n) is 5.03. The van der Waals surface area contributed by atoms with E-state index in [2.05, 4.69) is 5.32 Å². The summed E-state index contributed by atoms with van der Waals surface area (Å²) in [7, 11) is 0. The van der Waals surface area contributed by atoms with Crippen molar-refractivity contribution in [3.63, 3.8) is 0 Å². The smallest absolute Gasteiger partial charge is 0.324 e. The molecule has 8 nitrogen and oxygen atoms in total. The van der Waals surface area contributed by atoms with Crippen LogP contribution in [0.4, 0.5) is 5.69 Å². The van der Waals surface area contributed by atoms with Crippen molar-refractivity contribution in [3.05, 3.63) is 29.8 Å². The maximum Gasteiger partial charge on any atom is 0.324 e. The quantitative estimate of drug-likeness (QED) is 0.586. The molecule has 2 N–H and O–H groups in total. The highest BCUT2D eigenvalue weighted by molar-refractivity contribution is 6.30. The van der Waals surface area contributed by atoms with E-state index >= 15 is 0 Å². The maximum absolute atomic E-state index is 12.7. The molecule has 1 aliphatic heterocycles. The number of hydrogen-bond acceptors (Lipinski definition) is 7. The third-order valence-electron chi connectivity index (χ3n) is 3.57. The number of benzene rings is 1. The minimum atomic E-state index is -2.94. The van der Waals surface area contributed by atoms with E-state index < -0.39 is 35.1 Å². The first-order valence-corrected chi connectivity index (χ1v) is 7.38. The minimum absolute atomic E-state index is 0.0156. The summed E-state index contributed by atoms with van der Waals surface area (Å²) in [5, 5.41) is 13.1. The van der Waals surface area contributed by atoms with Gasteiger partial charge in [0.1, 0.15) is 0 Å². The maximum atomic E-state index is 12.7. The highest BCUT2D eigenvalue weighted by Gasteiger charge is 2.61. The van der Waals surface area contributed by atoms with Crippen LogP contribution in [0.25, 0.3) is 0 Å². The zero-order valence-corrected chi connectivity index (χ0v) is 13.2. The van der Waals surface area contributed by atoms with Gasteiger partial charge in [-0.25, -0.2) is 0 Å². The number of amides is 1. The van der Waals surface area contributed by atoms with Gasteiger partial charge in [-0.05, 0) is 26.0 Å². The minimum Gasteiger partial charge on any atom is -0.465 e. The first-order valence-electron chi connectivity index (χ1n) is 7.38. The first-order chi connectivity index (χ1) is 11.4. The lowest BCUT2D eigenvalue weighted by Crippen LogP contribution is -2.62. The SMILES string of the molecule is CCOC(=O)C(C(=O)OCC)C1(O)C(=O)Nc2ccccc2C1=O. The van der Waals surface area contributed by atoms with Crippen LogP contribution in [0.5, 0.6) is 0 Å². The molecule has 8 heteroatoms. The van der Waals surface area contributed by atoms with Gasteiger partial charge in [0.05, 0.1) is 18.9 Å². The van der Waals surface area contributed by atoms with Crippen LogP contribution in [0.2, 0.25) is 0 Å². The van der Waals surface area contributed by atoms with Gasteiger partial charge in [-0.15, -0.1) is 0 Å². The van der Waals surface area contributed by atoms with Gasteiger partial charge >= 0.3 is 11.9 Å². The Morgan fingerprint density at radius 1 is 1.12 bits per heavy atom. The Hall–Kier alpha value is -2.74. The summed E-state index contributed by atoms with van der Waals surface area (Å²) < 4.78 is 9.49. The van der Waals surface area contributed by atoms with E-state index in [0.29, 0.717) is 0 Å². The highest BCUT2D eigenvalue weighted by atomic mass is 16.6. The molecule has 0 radical (unpaired) electrons. The van der Waals surface area contributed by atoms with Gasteiger partial charge in [0.25, 0.3) is 5.91 Å². The number of carbonyl (C=O) groups excluding carboxylic acids is 4. The van der Waals surface area contributed by atoms with Gasteiger partial charge in [-0.2, -0.15) is 0 Å². The summed E-state index contributed by atoms with van der Waals surface area (Å²) in [5.74, 6) is -6.77. The third-order valence-corrected chi connectivity index (χ3v) is 3.57. The standard InChI is InChI=1S/C16H17NO7/c1-3-23-13(19)11(14(20)24-4-2)16(22)12(18)9-7-5-6-8-10(9)17-15(16)21/h5-8,11,22H,3-4H2,1-2H3,(H,17,21). The predicted molar refractivity (Wildman–Crippen MR) is 81.1 cm³/mol. The van der Waals surface area contributed by atoms with Crippen LogP contribution < -0.4 is 5.32 Å². The average Bonchev–Trinajstić information content (AvgIpc) is 2.54. The fourth-order valence-corrected chi connectivity index (χ4v) is 2.47. The average molecular weight is 335 g/mol. The van der Waals surface area contributed by atoms with E-state index in [9.17, 15) is 24.3 Å². The molecule has 0 saturated heterocycles. The van der Waals surface area contributed by atoms with E-state index in [1.807, 2.05) is 0 Å². The van der Waals surface area contributed by atoms with E-state index in [1.54, 1.807) is 6.07 Å². The van der Waals surface area contributed by atoms with Crippen molar-refractivity contribution in [1.29, 1.82) is 0 Å². The molecule has 24 heavy (non-hydrogen) atoms. The normalized spacial score (nSPS) is 19.5. The molecule has 0 bridgehead atoms.